The van der Waals surface area contributed by atoms with Gasteiger partial charge in [-0.3, -0.25) is 0 Å². The van der Waals surface area contributed by atoms with Crippen molar-refractivity contribution < 1.29 is 0 Å². The quantitative estimate of drug-likeness (QED) is 0.693. The maximum Gasteiger partial charge on any atom is 0.105 e. The lowest BCUT2D eigenvalue weighted by atomic mass is 10.3. The van der Waals surface area contributed by atoms with E-state index in [2.05, 4.69) is 14.5 Å². The molecule has 116 valence electrons. The summed E-state index contributed by atoms with van der Waals surface area (Å²) in [6.07, 6.45) is 5.55. The second-order valence-corrected chi connectivity index (χ2v) is 5.66. The molecule has 22 heavy (non-hydrogen) atoms. The second kappa shape index (κ2) is 6.73. The molecule has 1 aromatic carbocycles. The molecule has 0 amide bonds. The van der Waals surface area contributed by atoms with Crippen LogP contribution in [0.25, 0.3) is 5.69 Å². The van der Waals surface area contributed by atoms with Crippen molar-refractivity contribution in [3.63, 3.8) is 0 Å². The highest BCUT2D eigenvalue weighted by Crippen LogP contribution is 2.25. The number of halogens is 3. The molecule has 3 aromatic rings. The number of aryl methyl sites for hydroxylation is 1. The average Bonchev–Trinajstić information content (AvgIpc) is 3.02. The molecule has 0 fully saturated rings. The van der Waals surface area contributed by atoms with Crippen LogP contribution in [-0.2, 0) is 6.54 Å². The maximum absolute atomic E-state index is 6.08. The van der Waals surface area contributed by atoms with E-state index in [-0.39, 0.29) is 12.4 Å². The smallest absolute Gasteiger partial charge is 0.105 e. The summed E-state index contributed by atoms with van der Waals surface area (Å²) in [5.41, 5.74) is 3.02. The zero-order chi connectivity index (χ0) is 15.0. The predicted molar refractivity (Wildman–Crippen MR) is 91.6 cm³/mol. The van der Waals surface area contributed by atoms with Gasteiger partial charge in [-0.25, -0.2) is 9.97 Å². The minimum atomic E-state index is 0. The van der Waals surface area contributed by atoms with Gasteiger partial charge in [0.15, 0.2) is 0 Å². The molecule has 0 saturated heterocycles. The van der Waals surface area contributed by atoms with Crippen molar-refractivity contribution in [2.75, 3.05) is 0 Å². The van der Waals surface area contributed by atoms with E-state index in [1.807, 2.05) is 36.7 Å². The van der Waals surface area contributed by atoms with Crippen molar-refractivity contribution in [2.45, 2.75) is 20.4 Å². The molecule has 2 aromatic heterocycles. The Morgan fingerprint density at radius 2 is 1.86 bits per heavy atom. The van der Waals surface area contributed by atoms with Gasteiger partial charge in [0.2, 0.25) is 0 Å². The molecule has 0 N–H and O–H groups in total. The third kappa shape index (κ3) is 3.14. The Hall–Kier alpha value is -1.49. The molecule has 0 aliphatic carbocycles. The van der Waals surface area contributed by atoms with Gasteiger partial charge in [-0.2, -0.15) is 0 Å². The van der Waals surface area contributed by atoms with Gasteiger partial charge in [0.25, 0.3) is 0 Å². The zero-order valence-corrected chi connectivity index (χ0v) is 14.5. The summed E-state index contributed by atoms with van der Waals surface area (Å²) in [5.74, 6) is 0.971. The van der Waals surface area contributed by atoms with Gasteiger partial charge in [-0.1, -0.05) is 23.2 Å². The third-order valence-electron chi connectivity index (χ3n) is 3.53. The first-order valence-corrected chi connectivity index (χ1v) is 7.28. The highest BCUT2D eigenvalue weighted by Gasteiger charge is 2.10. The van der Waals surface area contributed by atoms with Crippen LogP contribution in [0.4, 0.5) is 0 Å². The summed E-state index contributed by atoms with van der Waals surface area (Å²) in [7, 11) is 0. The van der Waals surface area contributed by atoms with E-state index >= 15 is 0 Å². The number of hydrogen-bond acceptors (Lipinski definition) is 2. The molecule has 0 aliphatic heterocycles. The Kier molecular flexibility index (Phi) is 5.16. The first-order chi connectivity index (χ1) is 10.1. The van der Waals surface area contributed by atoms with Crippen molar-refractivity contribution in [2.24, 2.45) is 0 Å². The molecule has 0 aliphatic rings. The number of imidazole rings is 2. The number of hydrogen-bond donors (Lipinski definition) is 0. The standard InChI is InChI=1S/C15H14Cl2N4.ClH/c1-10-15(8-20-6-5-18-11(20)2)19-9-21(10)12-3-4-13(16)14(17)7-12;/h3-7,9H,8H2,1-2H3;1H. The van der Waals surface area contributed by atoms with Gasteiger partial charge in [-0.15, -0.1) is 12.4 Å². The van der Waals surface area contributed by atoms with Gasteiger partial charge in [-0.05, 0) is 32.0 Å². The normalized spacial score (nSPS) is 10.5. The van der Waals surface area contributed by atoms with Crippen molar-refractivity contribution in [3.05, 3.63) is 64.2 Å². The van der Waals surface area contributed by atoms with Crippen LogP contribution in [-0.4, -0.2) is 19.1 Å². The minimum absolute atomic E-state index is 0. The van der Waals surface area contributed by atoms with Gasteiger partial charge in [0.1, 0.15) is 5.82 Å². The predicted octanol–water partition coefficient (Wildman–Crippen LogP) is 4.46. The van der Waals surface area contributed by atoms with E-state index in [1.54, 1.807) is 18.6 Å². The van der Waals surface area contributed by atoms with Crippen LogP contribution in [0.2, 0.25) is 10.0 Å². The van der Waals surface area contributed by atoms with E-state index in [4.69, 9.17) is 23.2 Å². The van der Waals surface area contributed by atoms with Crippen molar-refractivity contribution in [3.8, 4) is 5.69 Å². The van der Waals surface area contributed by atoms with E-state index in [9.17, 15) is 0 Å². The molecule has 0 atom stereocenters. The summed E-state index contributed by atoms with van der Waals surface area (Å²) < 4.78 is 4.07. The number of benzene rings is 1. The van der Waals surface area contributed by atoms with Crippen LogP contribution in [0.15, 0.2) is 36.9 Å². The lowest BCUT2D eigenvalue weighted by Crippen LogP contribution is -2.04. The Morgan fingerprint density at radius 3 is 2.50 bits per heavy atom. The first-order valence-electron chi connectivity index (χ1n) is 6.52. The summed E-state index contributed by atoms with van der Waals surface area (Å²) in [6, 6.07) is 5.55. The molecule has 0 radical (unpaired) electrons. The highest BCUT2D eigenvalue weighted by molar-refractivity contribution is 6.42. The summed E-state index contributed by atoms with van der Waals surface area (Å²) in [5, 5.41) is 1.08. The lowest BCUT2D eigenvalue weighted by molar-refractivity contribution is 0.740. The maximum atomic E-state index is 6.08. The fourth-order valence-electron chi connectivity index (χ4n) is 2.23. The van der Waals surface area contributed by atoms with Crippen LogP contribution in [0.1, 0.15) is 17.2 Å². The topological polar surface area (TPSA) is 35.6 Å². The van der Waals surface area contributed by atoms with Crippen molar-refractivity contribution in [1.29, 1.82) is 0 Å². The molecular formula is C15H15Cl3N4. The Labute approximate surface area is 145 Å². The summed E-state index contributed by atoms with van der Waals surface area (Å²) in [4.78, 5) is 8.72. The summed E-state index contributed by atoms with van der Waals surface area (Å²) >= 11 is 12.0. The SMILES string of the molecule is Cc1nccn1Cc1ncn(-c2ccc(Cl)c(Cl)c2)c1C.Cl. The number of rotatable bonds is 3. The molecule has 0 bridgehead atoms. The molecule has 2 heterocycles. The fraction of sp³-hybridized carbons (Fsp3) is 0.200. The molecule has 0 spiro atoms. The van der Waals surface area contributed by atoms with Crippen LogP contribution in [0.3, 0.4) is 0 Å². The van der Waals surface area contributed by atoms with Crippen molar-refractivity contribution in [1.82, 2.24) is 19.1 Å². The molecule has 4 nitrogen and oxygen atoms in total. The van der Waals surface area contributed by atoms with E-state index in [1.165, 1.54) is 0 Å². The lowest BCUT2D eigenvalue weighted by Gasteiger charge is -2.08. The highest BCUT2D eigenvalue weighted by atomic mass is 35.5. The second-order valence-electron chi connectivity index (χ2n) is 4.85. The third-order valence-corrected chi connectivity index (χ3v) is 4.27. The van der Waals surface area contributed by atoms with Gasteiger partial charge in [0, 0.05) is 23.8 Å². The molecule has 0 saturated carbocycles. The number of nitrogens with zero attached hydrogens (tertiary/aromatic N) is 4. The van der Waals surface area contributed by atoms with E-state index < -0.39 is 0 Å². The first kappa shape index (κ1) is 16.9. The van der Waals surface area contributed by atoms with Crippen LogP contribution in [0, 0.1) is 13.8 Å². The fourth-order valence-corrected chi connectivity index (χ4v) is 2.52. The molecule has 3 rings (SSSR count). The van der Waals surface area contributed by atoms with Gasteiger partial charge in [0.05, 0.1) is 28.6 Å². The Morgan fingerprint density at radius 1 is 1.09 bits per heavy atom. The van der Waals surface area contributed by atoms with Crippen LogP contribution in [0.5, 0.6) is 0 Å². The number of aromatic nitrogens is 4. The minimum Gasteiger partial charge on any atom is -0.329 e. The van der Waals surface area contributed by atoms with E-state index in [0.717, 1.165) is 22.9 Å². The molecule has 7 heteroatoms. The summed E-state index contributed by atoms with van der Waals surface area (Å²) in [6.45, 7) is 4.72. The Balaban J connectivity index is 0.00000176. The Bertz CT molecular complexity index is 792. The molecule has 0 unspecified atom stereocenters. The zero-order valence-electron chi connectivity index (χ0n) is 12.1. The largest absolute Gasteiger partial charge is 0.329 e. The molecular weight excluding hydrogens is 343 g/mol. The average molecular weight is 358 g/mol. The monoisotopic (exact) mass is 356 g/mol. The van der Waals surface area contributed by atoms with E-state index in [0.29, 0.717) is 16.6 Å². The van der Waals surface area contributed by atoms with Gasteiger partial charge >= 0.3 is 0 Å². The van der Waals surface area contributed by atoms with Crippen LogP contribution >= 0.6 is 35.6 Å². The van der Waals surface area contributed by atoms with Crippen LogP contribution < -0.4 is 0 Å². The van der Waals surface area contributed by atoms with Crippen molar-refractivity contribution >= 4 is 35.6 Å². The van der Waals surface area contributed by atoms with Gasteiger partial charge < -0.3 is 9.13 Å².